The third-order valence-corrected chi connectivity index (χ3v) is 3.26. The summed E-state index contributed by atoms with van der Waals surface area (Å²) in [6, 6.07) is 3.33. The van der Waals surface area contributed by atoms with Crippen LogP contribution in [0.3, 0.4) is 0 Å². The van der Waals surface area contributed by atoms with Crippen molar-refractivity contribution in [3.05, 3.63) is 29.3 Å². The highest BCUT2D eigenvalue weighted by atomic mass is 19.4. The van der Waals surface area contributed by atoms with Gasteiger partial charge in [0.1, 0.15) is 12.0 Å². The largest absolute Gasteiger partial charge is 0.493 e. The quantitative estimate of drug-likeness (QED) is 0.797. The van der Waals surface area contributed by atoms with Crippen LogP contribution in [0.25, 0.3) is 0 Å². The number of halogens is 3. The molecule has 110 valence electrons. The molecule has 0 aliphatic carbocycles. The van der Waals surface area contributed by atoms with Crippen LogP contribution in [-0.2, 0) is 10.9 Å². The zero-order valence-corrected chi connectivity index (χ0v) is 10.8. The summed E-state index contributed by atoms with van der Waals surface area (Å²) >= 11 is 0. The van der Waals surface area contributed by atoms with Gasteiger partial charge in [-0.3, -0.25) is 4.79 Å². The summed E-state index contributed by atoms with van der Waals surface area (Å²) < 4.78 is 49.2. The van der Waals surface area contributed by atoms with Crippen LogP contribution in [0.2, 0.25) is 0 Å². The third kappa shape index (κ3) is 3.72. The molecular formula is C14H15F3O3. The fraction of sp³-hybridized carbons (Fsp3) is 0.500. The smallest absolute Gasteiger partial charge is 0.419 e. The molecule has 1 aliphatic heterocycles. The Labute approximate surface area is 114 Å². The molecule has 0 radical (unpaired) electrons. The van der Waals surface area contributed by atoms with E-state index in [1.54, 1.807) is 0 Å². The Morgan fingerprint density at radius 2 is 2.00 bits per heavy atom. The van der Waals surface area contributed by atoms with Crippen LogP contribution in [0.5, 0.6) is 5.75 Å². The Bertz CT molecular complexity index is 465. The Balaban J connectivity index is 2.11. The molecule has 1 aliphatic rings. The third-order valence-electron chi connectivity index (χ3n) is 3.26. The highest BCUT2D eigenvalue weighted by Gasteiger charge is 2.35. The van der Waals surface area contributed by atoms with Gasteiger partial charge in [0.05, 0.1) is 12.2 Å². The van der Waals surface area contributed by atoms with E-state index in [4.69, 9.17) is 9.47 Å². The van der Waals surface area contributed by atoms with Gasteiger partial charge >= 0.3 is 6.18 Å². The minimum absolute atomic E-state index is 0.0178. The maximum Gasteiger partial charge on any atom is 0.419 e. The highest BCUT2D eigenvalue weighted by molar-refractivity contribution is 5.75. The van der Waals surface area contributed by atoms with Crippen LogP contribution in [0.15, 0.2) is 18.2 Å². The summed E-state index contributed by atoms with van der Waals surface area (Å²) in [6.07, 6.45) is -2.58. The lowest BCUT2D eigenvalue weighted by Crippen LogP contribution is -2.22. The predicted molar refractivity (Wildman–Crippen MR) is 65.9 cm³/mol. The number of alkyl halides is 3. The van der Waals surface area contributed by atoms with E-state index in [1.165, 1.54) is 12.1 Å². The number of carbonyl (C=O) groups excluding carboxylic acids is 1. The van der Waals surface area contributed by atoms with Crippen molar-refractivity contribution in [3.63, 3.8) is 0 Å². The molecule has 0 unspecified atom stereocenters. The van der Waals surface area contributed by atoms with Gasteiger partial charge in [-0.1, -0.05) is 0 Å². The van der Waals surface area contributed by atoms with Gasteiger partial charge < -0.3 is 9.47 Å². The lowest BCUT2D eigenvalue weighted by molar-refractivity contribution is -0.139. The molecule has 0 saturated carbocycles. The van der Waals surface area contributed by atoms with Gasteiger partial charge in [0.25, 0.3) is 0 Å². The molecule has 0 atom stereocenters. The fourth-order valence-corrected chi connectivity index (χ4v) is 2.09. The standard InChI is InChI=1S/C14H15F3O3/c15-14(16,17)12-7-11(8-18)1-2-13(12)20-9-10-3-5-19-6-4-10/h1-2,7-8,10H,3-6,9H2. The summed E-state index contributed by atoms with van der Waals surface area (Å²) in [7, 11) is 0. The van der Waals surface area contributed by atoms with E-state index >= 15 is 0 Å². The average molecular weight is 288 g/mol. The van der Waals surface area contributed by atoms with Gasteiger partial charge in [-0.25, -0.2) is 0 Å². The van der Waals surface area contributed by atoms with E-state index in [9.17, 15) is 18.0 Å². The topological polar surface area (TPSA) is 35.5 Å². The molecule has 0 spiro atoms. The van der Waals surface area contributed by atoms with Crippen molar-refractivity contribution < 1.29 is 27.4 Å². The van der Waals surface area contributed by atoms with Crippen molar-refractivity contribution >= 4 is 6.29 Å². The van der Waals surface area contributed by atoms with Crippen molar-refractivity contribution in [1.82, 2.24) is 0 Å². The molecule has 20 heavy (non-hydrogen) atoms. The molecule has 0 N–H and O–H groups in total. The monoisotopic (exact) mass is 288 g/mol. The fourth-order valence-electron chi connectivity index (χ4n) is 2.09. The van der Waals surface area contributed by atoms with Crippen LogP contribution in [0.4, 0.5) is 13.2 Å². The number of hydrogen-bond donors (Lipinski definition) is 0. The van der Waals surface area contributed by atoms with Crippen LogP contribution >= 0.6 is 0 Å². The Morgan fingerprint density at radius 3 is 2.60 bits per heavy atom. The number of ether oxygens (including phenoxy) is 2. The van der Waals surface area contributed by atoms with E-state index in [2.05, 4.69) is 0 Å². The first-order valence-corrected chi connectivity index (χ1v) is 6.37. The molecule has 6 heteroatoms. The molecule has 0 aromatic heterocycles. The van der Waals surface area contributed by atoms with Gasteiger partial charge in [0, 0.05) is 18.8 Å². The molecule has 0 amide bonds. The second-order valence-corrected chi connectivity index (χ2v) is 4.74. The van der Waals surface area contributed by atoms with E-state index < -0.39 is 11.7 Å². The van der Waals surface area contributed by atoms with Gasteiger partial charge in [0.15, 0.2) is 0 Å². The van der Waals surface area contributed by atoms with Crippen molar-refractivity contribution in [2.75, 3.05) is 19.8 Å². The maximum absolute atomic E-state index is 12.9. The Hall–Kier alpha value is -1.56. The average Bonchev–Trinajstić information content (AvgIpc) is 2.45. The van der Waals surface area contributed by atoms with Crippen molar-refractivity contribution in [1.29, 1.82) is 0 Å². The van der Waals surface area contributed by atoms with Crippen molar-refractivity contribution in [2.45, 2.75) is 19.0 Å². The normalized spacial score (nSPS) is 16.9. The lowest BCUT2D eigenvalue weighted by Gasteiger charge is -2.23. The number of carbonyl (C=O) groups is 1. The molecule has 1 fully saturated rings. The van der Waals surface area contributed by atoms with Crippen molar-refractivity contribution in [3.8, 4) is 5.75 Å². The Morgan fingerprint density at radius 1 is 1.30 bits per heavy atom. The van der Waals surface area contributed by atoms with Gasteiger partial charge in [-0.05, 0) is 37.0 Å². The maximum atomic E-state index is 12.9. The zero-order valence-electron chi connectivity index (χ0n) is 10.8. The zero-order chi connectivity index (χ0) is 14.6. The summed E-state index contributed by atoms with van der Waals surface area (Å²) in [5, 5.41) is 0. The van der Waals surface area contributed by atoms with E-state index in [-0.39, 0.29) is 23.8 Å². The van der Waals surface area contributed by atoms with Gasteiger partial charge in [0.2, 0.25) is 0 Å². The highest BCUT2D eigenvalue weighted by Crippen LogP contribution is 2.37. The van der Waals surface area contributed by atoms with E-state index in [0.717, 1.165) is 18.9 Å². The minimum atomic E-state index is -4.54. The molecule has 1 heterocycles. The van der Waals surface area contributed by atoms with Crippen LogP contribution in [-0.4, -0.2) is 26.1 Å². The minimum Gasteiger partial charge on any atom is -0.493 e. The first kappa shape index (κ1) is 14.8. The molecule has 1 saturated heterocycles. The van der Waals surface area contributed by atoms with Crippen LogP contribution < -0.4 is 4.74 Å². The van der Waals surface area contributed by atoms with Crippen molar-refractivity contribution in [2.24, 2.45) is 5.92 Å². The molecule has 2 rings (SSSR count). The molecule has 3 nitrogen and oxygen atoms in total. The first-order valence-electron chi connectivity index (χ1n) is 6.37. The van der Waals surface area contributed by atoms with Gasteiger partial charge in [-0.2, -0.15) is 13.2 Å². The number of aldehydes is 1. The van der Waals surface area contributed by atoms with E-state index in [0.29, 0.717) is 19.5 Å². The number of benzene rings is 1. The SMILES string of the molecule is O=Cc1ccc(OCC2CCOCC2)c(C(F)(F)F)c1. The number of hydrogen-bond acceptors (Lipinski definition) is 3. The second kappa shape index (κ2) is 6.26. The summed E-state index contributed by atoms with van der Waals surface area (Å²) in [5.41, 5.74) is -0.926. The molecule has 1 aromatic rings. The number of rotatable bonds is 4. The lowest BCUT2D eigenvalue weighted by atomic mass is 10.0. The second-order valence-electron chi connectivity index (χ2n) is 4.74. The van der Waals surface area contributed by atoms with Gasteiger partial charge in [-0.15, -0.1) is 0 Å². The van der Waals surface area contributed by atoms with E-state index in [1.807, 2.05) is 0 Å². The molecule has 0 bridgehead atoms. The first-order chi connectivity index (χ1) is 9.50. The van der Waals surface area contributed by atoms with Crippen LogP contribution in [0, 0.1) is 5.92 Å². The molecular weight excluding hydrogens is 273 g/mol. The summed E-state index contributed by atoms with van der Waals surface area (Å²) in [4.78, 5) is 10.6. The summed E-state index contributed by atoms with van der Waals surface area (Å²) in [5.74, 6) is -0.0230. The van der Waals surface area contributed by atoms with Crippen LogP contribution in [0.1, 0.15) is 28.8 Å². The Kier molecular flexibility index (Phi) is 4.65. The molecule has 1 aromatic carbocycles. The predicted octanol–water partition coefficient (Wildman–Crippen LogP) is 3.32. The summed E-state index contributed by atoms with van der Waals surface area (Å²) in [6.45, 7) is 1.46.